The number of hydrogen-bond acceptors (Lipinski definition) is 2. The maximum Gasteiger partial charge on any atom is 0.236 e. The van der Waals surface area contributed by atoms with Crippen LogP contribution in [0.2, 0.25) is 0 Å². The van der Waals surface area contributed by atoms with Crippen LogP contribution in [0.25, 0.3) is 0 Å². The molecule has 0 aliphatic carbocycles. The standard InChI is InChI=1S/C7H9FN2/c1-2-5-3-4-10-7(8)6(5)9/h3-4H,2,9H2,1H3. The first-order chi connectivity index (χ1) is 4.75. The number of anilines is 1. The molecule has 0 bridgehead atoms. The average molecular weight is 140 g/mol. The zero-order chi connectivity index (χ0) is 7.56. The summed E-state index contributed by atoms with van der Waals surface area (Å²) in [5, 5.41) is 0. The molecular formula is C7H9FN2. The first-order valence-electron chi connectivity index (χ1n) is 3.14. The number of nitrogens with two attached hydrogens (primary N) is 1. The van der Waals surface area contributed by atoms with Crippen LogP contribution in [0.4, 0.5) is 10.1 Å². The summed E-state index contributed by atoms with van der Waals surface area (Å²) in [5.74, 6) is -0.570. The van der Waals surface area contributed by atoms with E-state index in [1.54, 1.807) is 6.07 Å². The van der Waals surface area contributed by atoms with E-state index in [2.05, 4.69) is 4.98 Å². The van der Waals surface area contributed by atoms with Crippen LogP contribution in [0.5, 0.6) is 0 Å². The molecule has 1 rings (SSSR count). The molecule has 0 saturated heterocycles. The molecule has 2 nitrogen and oxygen atoms in total. The van der Waals surface area contributed by atoms with Gasteiger partial charge in [-0.15, -0.1) is 0 Å². The Labute approximate surface area is 58.9 Å². The number of hydrogen-bond donors (Lipinski definition) is 1. The Kier molecular flexibility index (Phi) is 1.85. The molecule has 10 heavy (non-hydrogen) atoms. The van der Waals surface area contributed by atoms with Gasteiger partial charge >= 0.3 is 0 Å². The van der Waals surface area contributed by atoms with Gasteiger partial charge < -0.3 is 5.73 Å². The summed E-state index contributed by atoms with van der Waals surface area (Å²) in [6, 6.07) is 1.72. The van der Waals surface area contributed by atoms with E-state index < -0.39 is 5.95 Å². The van der Waals surface area contributed by atoms with Crippen molar-refractivity contribution in [2.75, 3.05) is 5.73 Å². The molecule has 0 radical (unpaired) electrons. The average Bonchev–Trinajstić information content (AvgIpc) is 1.95. The van der Waals surface area contributed by atoms with Gasteiger partial charge in [-0.05, 0) is 18.1 Å². The fourth-order valence-corrected chi connectivity index (χ4v) is 0.793. The summed E-state index contributed by atoms with van der Waals surface area (Å²) >= 11 is 0. The van der Waals surface area contributed by atoms with Crippen molar-refractivity contribution < 1.29 is 4.39 Å². The van der Waals surface area contributed by atoms with Crippen LogP contribution >= 0.6 is 0 Å². The fourth-order valence-electron chi connectivity index (χ4n) is 0.793. The van der Waals surface area contributed by atoms with Crippen molar-refractivity contribution >= 4 is 5.69 Å². The van der Waals surface area contributed by atoms with E-state index >= 15 is 0 Å². The Balaban J connectivity index is 3.14. The van der Waals surface area contributed by atoms with Gasteiger partial charge in [0, 0.05) is 6.20 Å². The molecule has 0 amide bonds. The van der Waals surface area contributed by atoms with Crippen molar-refractivity contribution in [2.24, 2.45) is 0 Å². The van der Waals surface area contributed by atoms with Crippen molar-refractivity contribution in [3.05, 3.63) is 23.8 Å². The molecular weight excluding hydrogens is 131 g/mol. The van der Waals surface area contributed by atoms with Gasteiger partial charge in [-0.1, -0.05) is 6.92 Å². The molecule has 3 heteroatoms. The Morgan fingerprint density at radius 1 is 1.70 bits per heavy atom. The molecule has 2 N–H and O–H groups in total. The quantitative estimate of drug-likeness (QED) is 0.598. The summed E-state index contributed by atoms with van der Waals surface area (Å²) in [6.07, 6.45) is 2.16. The minimum Gasteiger partial charge on any atom is -0.395 e. The lowest BCUT2D eigenvalue weighted by atomic mass is 10.2. The largest absolute Gasteiger partial charge is 0.395 e. The van der Waals surface area contributed by atoms with E-state index in [4.69, 9.17) is 5.73 Å². The lowest BCUT2D eigenvalue weighted by Crippen LogP contribution is -1.98. The third kappa shape index (κ3) is 1.07. The number of rotatable bonds is 1. The zero-order valence-corrected chi connectivity index (χ0v) is 5.76. The molecule has 0 aliphatic heterocycles. The predicted molar refractivity (Wildman–Crippen MR) is 38.0 cm³/mol. The highest BCUT2D eigenvalue weighted by molar-refractivity contribution is 5.44. The van der Waals surface area contributed by atoms with Crippen LogP contribution in [0.3, 0.4) is 0 Å². The van der Waals surface area contributed by atoms with Crippen LogP contribution < -0.4 is 5.73 Å². The van der Waals surface area contributed by atoms with Gasteiger partial charge in [0.15, 0.2) is 0 Å². The maximum absolute atomic E-state index is 12.5. The topological polar surface area (TPSA) is 38.9 Å². The lowest BCUT2D eigenvalue weighted by Gasteiger charge is -2.00. The van der Waals surface area contributed by atoms with E-state index in [1.807, 2.05) is 6.92 Å². The van der Waals surface area contributed by atoms with E-state index in [9.17, 15) is 4.39 Å². The first kappa shape index (κ1) is 6.99. The normalized spacial score (nSPS) is 9.80. The Morgan fingerprint density at radius 2 is 2.40 bits per heavy atom. The van der Waals surface area contributed by atoms with E-state index in [1.165, 1.54) is 6.20 Å². The summed E-state index contributed by atoms with van der Waals surface area (Å²) in [7, 11) is 0. The smallest absolute Gasteiger partial charge is 0.236 e. The molecule has 54 valence electrons. The second-order valence-corrected chi connectivity index (χ2v) is 2.03. The fraction of sp³-hybridized carbons (Fsp3) is 0.286. The molecule has 0 unspecified atom stereocenters. The van der Waals surface area contributed by atoms with Crippen molar-refractivity contribution in [3.63, 3.8) is 0 Å². The van der Waals surface area contributed by atoms with Crippen molar-refractivity contribution in [1.82, 2.24) is 4.98 Å². The molecule has 1 aromatic heterocycles. The van der Waals surface area contributed by atoms with E-state index in [0.717, 1.165) is 12.0 Å². The van der Waals surface area contributed by atoms with Crippen LogP contribution in [-0.2, 0) is 6.42 Å². The lowest BCUT2D eigenvalue weighted by molar-refractivity contribution is 0.587. The van der Waals surface area contributed by atoms with Gasteiger partial charge in [-0.3, -0.25) is 0 Å². The highest BCUT2D eigenvalue weighted by atomic mass is 19.1. The molecule has 0 aliphatic rings. The monoisotopic (exact) mass is 140 g/mol. The van der Waals surface area contributed by atoms with Gasteiger partial charge in [0.1, 0.15) is 0 Å². The number of aromatic nitrogens is 1. The minimum absolute atomic E-state index is 0.171. The third-order valence-corrected chi connectivity index (χ3v) is 1.41. The second kappa shape index (κ2) is 2.64. The van der Waals surface area contributed by atoms with Crippen LogP contribution in [-0.4, -0.2) is 4.98 Å². The second-order valence-electron chi connectivity index (χ2n) is 2.03. The van der Waals surface area contributed by atoms with E-state index in [0.29, 0.717) is 0 Å². The predicted octanol–water partition coefficient (Wildman–Crippen LogP) is 1.37. The summed E-state index contributed by atoms with van der Waals surface area (Å²) in [6.45, 7) is 1.92. The van der Waals surface area contributed by atoms with Crippen LogP contribution in [0, 0.1) is 5.95 Å². The SMILES string of the molecule is CCc1ccnc(F)c1N. The number of nitrogens with zero attached hydrogens (tertiary/aromatic N) is 1. The molecule has 0 atom stereocenters. The van der Waals surface area contributed by atoms with Crippen LogP contribution in [0.1, 0.15) is 12.5 Å². The summed E-state index contributed by atoms with van der Waals surface area (Å²) in [5.41, 5.74) is 6.34. The highest BCUT2D eigenvalue weighted by Crippen LogP contribution is 2.12. The number of nitrogen functional groups attached to an aromatic ring is 1. The third-order valence-electron chi connectivity index (χ3n) is 1.41. The van der Waals surface area contributed by atoms with E-state index in [-0.39, 0.29) is 5.69 Å². The molecule has 0 aromatic carbocycles. The number of pyridine rings is 1. The molecule has 1 aromatic rings. The molecule has 0 saturated carbocycles. The number of aryl methyl sites for hydroxylation is 1. The van der Waals surface area contributed by atoms with Crippen molar-refractivity contribution in [2.45, 2.75) is 13.3 Å². The van der Waals surface area contributed by atoms with Gasteiger partial charge in [-0.2, -0.15) is 4.39 Å². The Bertz CT molecular complexity index is 235. The minimum atomic E-state index is -0.570. The Hall–Kier alpha value is -1.12. The van der Waals surface area contributed by atoms with Gasteiger partial charge in [0.25, 0.3) is 0 Å². The molecule has 0 fully saturated rings. The highest BCUT2D eigenvalue weighted by Gasteiger charge is 2.01. The van der Waals surface area contributed by atoms with Gasteiger partial charge in [0.05, 0.1) is 5.69 Å². The van der Waals surface area contributed by atoms with Crippen molar-refractivity contribution in [1.29, 1.82) is 0 Å². The zero-order valence-electron chi connectivity index (χ0n) is 5.76. The van der Waals surface area contributed by atoms with Crippen molar-refractivity contribution in [3.8, 4) is 0 Å². The molecule has 1 heterocycles. The number of halogens is 1. The van der Waals surface area contributed by atoms with Gasteiger partial charge in [-0.25, -0.2) is 4.98 Å². The molecule has 0 spiro atoms. The first-order valence-corrected chi connectivity index (χ1v) is 3.14. The van der Waals surface area contributed by atoms with Gasteiger partial charge in [0.2, 0.25) is 5.95 Å². The maximum atomic E-state index is 12.5. The Morgan fingerprint density at radius 3 is 2.90 bits per heavy atom. The summed E-state index contributed by atoms with van der Waals surface area (Å²) < 4.78 is 12.5. The summed E-state index contributed by atoms with van der Waals surface area (Å²) in [4.78, 5) is 3.40. The van der Waals surface area contributed by atoms with Crippen LogP contribution in [0.15, 0.2) is 12.3 Å².